The van der Waals surface area contributed by atoms with Gasteiger partial charge in [0, 0.05) is 30.3 Å². The van der Waals surface area contributed by atoms with Gasteiger partial charge in [-0.2, -0.15) is 5.10 Å². The zero-order valence-electron chi connectivity index (χ0n) is 24.7. The van der Waals surface area contributed by atoms with E-state index >= 15 is 0 Å². The number of aromatic hydroxyl groups is 1. The standard InChI is InChI=1S/C32H31FN6O5/c1-17(39-29-25(28(34)35-16-36-29)26(37-39)19-13-20(33)15-21(40)14-19)27-24(22-7-5-6-8-23(22)30(41)43-27)18-9-11-38(12-10-18)31(42)44-32(2,3)4/h5-9,13-17,40H,10-12H2,1-4H3,(H2,34,35,36). The quantitative estimate of drug-likeness (QED) is 0.267. The van der Waals surface area contributed by atoms with E-state index in [0.717, 1.165) is 11.6 Å². The molecule has 0 aliphatic carbocycles. The molecular formula is C32H31FN6O5. The second-order valence-corrected chi connectivity index (χ2v) is 11.7. The SMILES string of the molecule is CC(c1oc(=O)c2ccccc2c1C1=CCN(C(=O)OC(C)(C)C)CC1)n1nc(-c2cc(O)cc(F)c2)c2c(N)ncnc21. The number of nitrogens with two attached hydrogens (primary N) is 1. The number of benzene rings is 2. The number of fused-ring (bicyclic) bond motifs is 2. The van der Waals surface area contributed by atoms with Gasteiger partial charge in [0.2, 0.25) is 0 Å². The van der Waals surface area contributed by atoms with E-state index in [1.807, 2.05) is 45.9 Å². The molecule has 2 aromatic carbocycles. The van der Waals surface area contributed by atoms with Crippen LogP contribution in [0.3, 0.4) is 0 Å². The highest BCUT2D eigenvalue weighted by Gasteiger charge is 2.30. The van der Waals surface area contributed by atoms with Gasteiger partial charge in [0.1, 0.15) is 46.8 Å². The second kappa shape index (κ2) is 10.8. The van der Waals surface area contributed by atoms with Crippen molar-refractivity contribution in [2.75, 3.05) is 18.8 Å². The van der Waals surface area contributed by atoms with Crippen LogP contribution in [0.1, 0.15) is 51.5 Å². The summed E-state index contributed by atoms with van der Waals surface area (Å²) in [6.45, 7) is 7.99. The lowest BCUT2D eigenvalue weighted by atomic mass is 9.92. The molecule has 1 atom stereocenters. The van der Waals surface area contributed by atoms with Crippen LogP contribution in [0.25, 0.3) is 38.6 Å². The van der Waals surface area contributed by atoms with Crippen molar-refractivity contribution in [1.82, 2.24) is 24.6 Å². The predicted molar refractivity (Wildman–Crippen MR) is 163 cm³/mol. The first-order valence-electron chi connectivity index (χ1n) is 14.1. The number of amides is 1. The number of carbonyl (C=O) groups is 1. The van der Waals surface area contributed by atoms with Crippen LogP contribution in [0.2, 0.25) is 0 Å². The smallest absolute Gasteiger partial charge is 0.410 e. The van der Waals surface area contributed by atoms with E-state index in [2.05, 4.69) is 9.97 Å². The maximum absolute atomic E-state index is 14.3. The average molecular weight is 599 g/mol. The Kier molecular flexibility index (Phi) is 7.07. The van der Waals surface area contributed by atoms with Crippen LogP contribution < -0.4 is 11.4 Å². The molecule has 226 valence electrons. The summed E-state index contributed by atoms with van der Waals surface area (Å²) in [4.78, 5) is 36.1. The third-order valence-corrected chi connectivity index (χ3v) is 7.47. The van der Waals surface area contributed by atoms with Crippen molar-refractivity contribution in [3.63, 3.8) is 0 Å². The van der Waals surface area contributed by atoms with E-state index in [1.54, 1.807) is 21.7 Å². The molecule has 0 fully saturated rings. The van der Waals surface area contributed by atoms with E-state index in [0.29, 0.717) is 52.6 Å². The predicted octanol–water partition coefficient (Wildman–Crippen LogP) is 5.66. The normalized spacial score (nSPS) is 14.6. The molecule has 11 nitrogen and oxygen atoms in total. The fraction of sp³-hybridized carbons (Fsp3) is 0.281. The molecule has 1 amide bonds. The number of anilines is 1. The van der Waals surface area contributed by atoms with E-state index in [1.165, 1.54) is 18.5 Å². The summed E-state index contributed by atoms with van der Waals surface area (Å²) in [5, 5.41) is 16.3. The van der Waals surface area contributed by atoms with Crippen LogP contribution in [0, 0.1) is 5.82 Å². The molecule has 5 aromatic rings. The van der Waals surface area contributed by atoms with Gasteiger partial charge >= 0.3 is 11.7 Å². The summed E-state index contributed by atoms with van der Waals surface area (Å²) in [5.41, 5.74) is 7.60. The maximum Gasteiger partial charge on any atom is 0.410 e. The molecule has 0 saturated carbocycles. The van der Waals surface area contributed by atoms with Crippen LogP contribution in [-0.2, 0) is 4.74 Å². The number of phenols is 1. The maximum atomic E-state index is 14.3. The minimum atomic E-state index is -0.695. The number of phenolic OH excluding ortho intramolecular Hbond substituents is 1. The molecule has 44 heavy (non-hydrogen) atoms. The first-order valence-corrected chi connectivity index (χ1v) is 14.1. The van der Waals surface area contributed by atoms with Crippen LogP contribution in [-0.4, -0.2) is 54.5 Å². The number of hydrogen-bond donors (Lipinski definition) is 2. The molecule has 3 aromatic heterocycles. The third kappa shape index (κ3) is 5.23. The van der Waals surface area contributed by atoms with Gasteiger partial charge < -0.3 is 24.9 Å². The van der Waals surface area contributed by atoms with Gasteiger partial charge in [-0.3, -0.25) is 0 Å². The van der Waals surface area contributed by atoms with Crippen LogP contribution in [0.15, 0.2) is 64.1 Å². The lowest BCUT2D eigenvalue weighted by Crippen LogP contribution is -2.39. The molecule has 1 unspecified atom stereocenters. The van der Waals surface area contributed by atoms with E-state index in [9.17, 15) is 19.1 Å². The minimum absolute atomic E-state index is 0.115. The Hall–Kier alpha value is -5.26. The summed E-state index contributed by atoms with van der Waals surface area (Å²) >= 11 is 0. The molecule has 12 heteroatoms. The Labute approximate surface area is 251 Å². The lowest BCUT2D eigenvalue weighted by Gasteiger charge is -2.30. The summed E-state index contributed by atoms with van der Waals surface area (Å²) in [6, 6.07) is 10.1. The van der Waals surface area contributed by atoms with Gasteiger partial charge in [0.25, 0.3) is 0 Å². The zero-order chi connectivity index (χ0) is 31.3. The number of rotatable bonds is 4. The fourth-order valence-corrected chi connectivity index (χ4v) is 5.52. The minimum Gasteiger partial charge on any atom is -0.508 e. The molecule has 0 saturated heterocycles. The molecule has 0 radical (unpaired) electrons. The Morgan fingerprint density at radius 1 is 1.16 bits per heavy atom. The summed E-state index contributed by atoms with van der Waals surface area (Å²) < 4.78 is 27.4. The molecule has 0 bridgehead atoms. The number of ether oxygens (including phenoxy) is 1. The highest BCUT2D eigenvalue weighted by atomic mass is 19.1. The zero-order valence-corrected chi connectivity index (χ0v) is 24.7. The number of halogens is 1. The monoisotopic (exact) mass is 598 g/mol. The largest absolute Gasteiger partial charge is 0.508 e. The van der Waals surface area contributed by atoms with E-state index in [4.69, 9.17) is 20.0 Å². The van der Waals surface area contributed by atoms with Crippen molar-refractivity contribution < 1.29 is 23.4 Å². The molecular weight excluding hydrogens is 567 g/mol. The third-order valence-electron chi connectivity index (χ3n) is 7.47. The van der Waals surface area contributed by atoms with Crippen molar-refractivity contribution in [3.8, 4) is 17.0 Å². The highest BCUT2D eigenvalue weighted by molar-refractivity contribution is 5.99. The van der Waals surface area contributed by atoms with Crippen molar-refractivity contribution in [2.24, 2.45) is 0 Å². The fourth-order valence-electron chi connectivity index (χ4n) is 5.52. The number of nitrogens with zero attached hydrogens (tertiary/aromatic N) is 5. The number of nitrogen functional groups attached to an aromatic ring is 1. The Bertz CT molecular complexity index is 2010. The first-order chi connectivity index (χ1) is 20.9. The van der Waals surface area contributed by atoms with Gasteiger partial charge in [0.05, 0.1) is 10.8 Å². The van der Waals surface area contributed by atoms with Crippen molar-refractivity contribution in [1.29, 1.82) is 0 Å². The van der Waals surface area contributed by atoms with Gasteiger partial charge in [-0.25, -0.2) is 28.6 Å². The Balaban J connectivity index is 1.51. The van der Waals surface area contributed by atoms with Gasteiger partial charge in [-0.1, -0.05) is 24.3 Å². The Morgan fingerprint density at radius 2 is 1.91 bits per heavy atom. The summed E-state index contributed by atoms with van der Waals surface area (Å²) in [7, 11) is 0. The van der Waals surface area contributed by atoms with E-state index in [-0.39, 0.29) is 22.8 Å². The van der Waals surface area contributed by atoms with Gasteiger partial charge in [0.15, 0.2) is 5.65 Å². The molecule has 1 aliphatic rings. The molecule has 1 aliphatic heterocycles. The molecule has 3 N–H and O–H groups in total. The number of aromatic nitrogens is 4. The van der Waals surface area contributed by atoms with Crippen molar-refractivity contribution in [2.45, 2.75) is 45.8 Å². The van der Waals surface area contributed by atoms with Crippen LogP contribution in [0.5, 0.6) is 5.75 Å². The van der Waals surface area contributed by atoms with Crippen molar-refractivity contribution >= 4 is 39.3 Å². The average Bonchev–Trinajstić information content (AvgIpc) is 3.37. The second-order valence-electron chi connectivity index (χ2n) is 11.7. The van der Waals surface area contributed by atoms with Gasteiger partial charge in [-0.15, -0.1) is 0 Å². The topological polar surface area (TPSA) is 150 Å². The first kappa shape index (κ1) is 28.8. The lowest BCUT2D eigenvalue weighted by molar-refractivity contribution is 0.0270. The van der Waals surface area contributed by atoms with Gasteiger partial charge in [-0.05, 0) is 63.3 Å². The Morgan fingerprint density at radius 3 is 2.59 bits per heavy atom. The molecule has 0 spiro atoms. The summed E-state index contributed by atoms with van der Waals surface area (Å²) in [6.07, 6.45) is 3.32. The summed E-state index contributed by atoms with van der Waals surface area (Å²) in [5.74, 6) is -0.484. The van der Waals surface area contributed by atoms with E-state index < -0.39 is 29.2 Å². The number of carbonyl (C=O) groups excluding carboxylic acids is 1. The van der Waals surface area contributed by atoms with Crippen LogP contribution in [0.4, 0.5) is 15.0 Å². The van der Waals surface area contributed by atoms with Crippen LogP contribution >= 0.6 is 0 Å². The number of hydrogen-bond acceptors (Lipinski definition) is 9. The molecule has 4 heterocycles. The highest BCUT2D eigenvalue weighted by Crippen LogP contribution is 2.38. The van der Waals surface area contributed by atoms with Crippen molar-refractivity contribution in [3.05, 3.63) is 82.4 Å². The molecule has 6 rings (SSSR count).